The Kier molecular flexibility index (Phi) is 5.13. The van der Waals surface area contributed by atoms with Crippen LogP contribution in [0.4, 0.5) is 0 Å². The van der Waals surface area contributed by atoms with Crippen molar-refractivity contribution in [2.45, 2.75) is 19.4 Å². The van der Waals surface area contributed by atoms with E-state index in [1.54, 1.807) is 18.3 Å². The van der Waals surface area contributed by atoms with Crippen LogP contribution in [0.3, 0.4) is 0 Å². The van der Waals surface area contributed by atoms with Gasteiger partial charge < -0.3 is 5.32 Å². The van der Waals surface area contributed by atoms with Crippen molar-refractivity contribution in [3.63, 3.8) is 0 Å². The average Bonchev–Trinajstić information content (AvgIpc) is 2.93. The van der Waals surface area contributed by atoms with Crippen molar-refractivity contribution in [3.8, 4) is 11.1 Å². The molecule has 0 fully saturated rings. The molecule has 3 aromatic rings. The molecule has 3 rings (SSSR count). The van der Waals surface area contributed by atoms with E-state index in [4.69, 9.17) is 23.2 Å². The molecular weight excluding hydrogens is 375 g/mol. The average molecular weight is 391 g/mol. The summed E-state index contributed by atoms with van der Waals surface area (Å²) in [5.74, 6) is -0.190. The number of nitrogens with zero attached hydrogens (tertiary/aromatic N) is 1. The summed E-state index contributed by atoms with van der Waals surface area (Å²) in [6.45, 7) is 3.84. The Hall–Kier alpha value is -1.88. The number of aromatic nitrogens is 1. The molecule has 0 aliphatic rings. The van der Waals surface area contributed by atoms with Gasteiger partial charge in [0.1, 0.15) is 4.34 Å². The summed E-state index contributed by atoms with van der Waals surface area (Å²) in [4.78, 5) is 17.3. The van der Waals surface area contributed by atoms with E-state index in [-0.39, 0.29) is 5.91 Å². The van der Waals surface area contributed by atoms with Crippen LogP contribution in [0, 0.1) is 0 Å². The van der Waals surface area contributed by atoms with Gasteiger partial charge in [0.2, 0.25) is 0 Å². The largest absolute Gasteiger partial charge is 0.341 e. The third-order valence-electron chi connectivity index (χ3n) is 3.85. The summed E-state index contributed by atoms with van der Waals surface area (Å²) in [6.07, 6.45) is 1.71. The quantitative estimate of drug-likeness (QED) is 0.612. The minimum absolute atomic E-state index is 0.190. The van der Waals surface area contributed by atoms with Crippen molar-refractivity contribution in [1.82, 2.24) is 10.3 Å². The van der Waals surface area contributed by atoms with E-state index in [9.17, 15) is 4.79 Å². The molecule has 0 aliphatic heterocycles. The van der Waals surface area contributed by atoms with Crippen LogP contribution >= 0.6 is 34.5 Å². The molecule has 0 unspecified atom stereocenters. The summed E-state index contributed by atoms with van der Waals surface area (Å²) in [6, 6.07) is 14.8. The predicted molar refractivity (Wildman–Crippen MR) is 105 cm³/mol. The monoisotopic (exact) mass is 390 g/mol. The SMILES string of the molecule is CC(C)(NC(=O)c1ccccc1-c1cc(Cl)sc1Cl)c1ccccn1. The lowest BCUT2D eigenvalue weighted by atomic mass is 9.97. The third kappa shape index (κ3) is 3.87. The van der Waals surface area contributed by atoms with Crippen LogP contribution in [-0.4, -0.2) is 10.9 Å². The molecule has 0 bridgehead atoms. The first kappa shape index (κ1) is 17.9. The number of pyridine rings is 1. The summed E-state index contributed by atoms with van der Waals surface area (Å²) in [5, 5.41) is 3.05. The zero-order chi connectivity index (χ0) is 18.0. The normalized spacial score (nSPS) is 11.4. The Balaban J connectivity index is 1.95. The zero-order valence-electron chi connectivity index (χ0n) is 13.7. The van der Waals surface area contributed by atoms with Crippen LogP contribution in [0.5, 0.6) is 0 Å². The van der Waals surface area contributed by atoms with E-state index in [1.165, 1.54) is 11.3 Å². The number of carbonyl (C=O) groups is 1. The second-order valence-corrected chi connectivity index (χ2v) is 8.36. The molecule has 128 valence electrons. The van der Waals surface area contributed by atoms with Crippen LogP contribution in [-0.2, 0) is 5.54 Å². The van der Waals surface area contributed by atoms with Gasteiger partial charge in [-0.05, 0) is 43.7 Å². The van der Waals surface area contributed by atoms with Crippen molar-refractivity contribution in [2.75, 3.05) is 0 Å². The number of carbonyl (C=O) groups excluding carboxylic acids is 1. The molecule has 0 aliphatic carbocycles. The smallest absolute Gasteiger partial charge is 0.252 e. The number of nitrogens with one attached hydrogen (secondary N) is 1. The highest BCUT2D eigenvalue weighted by molar-refractivity contribution is 7.20. The maximum absolute atomic E-state index is 12.9. The fraction of sp³-hybridized carbons (Fsp3) is 0.158. The van der Waals surface area contributed by atoms with Gasteiger partial charge in [-0.15, -0.1) is 11.3 Å². The van der Waals surface area contributed by atoms with E-state index in [0.29, 0.717) is 14.2 Å². The lowest BCUT2D eigenvalue weighted by molar-refractivity contribution is 0.0911. The van der Waals surface area contributed by atoms with Crippen LogP contribution in [0.1, 0.15) is 29.9 Å². The third-order valence-corrected chi connectivity index (χ3v) is 5.34. The number of thiophene rings is 1. The molecule has 1 aromatic carbocycles. The summed E-state index contributed by atoms with van der Waals surface area (Å²) >= 11 is 13.6. The van der Waals surface area contributed by atoms with Gasteiger partial charge in [0.15, 0.2) is 0 Å². The summed E-state index contributed by atoms with van der Waals surface area (Å²) in [5.41, 5.74) is 2.24. The van der Waals surface area contributed by atoms with E-state index in [2.05, 4.69) is 10.3 Å². The molecule has 6 heteroatoms. The highest BCUT2D eigenvalue weighted by atomic mass is 35.5. The minimum Gasteiger partial charge on any atom is -0.341 e. The maximum atomic E-state index is 12.9. The Morgan fingerprint density at radius 1 is 1.08 bits per heavy atom. The van der Waals surface area contributed by atoms with Crippen LogP contribution in [0.25, 0.3) is 11.1 Å². The van der Waals surface area contributed by atoms with Crippen molar-refractivity contribution in [1.29, 1.82) is 0 Å². The minimum atomic E-state index is -0.610. The molecule has 0 radical (unpaired) electrons. The van der Waals surface area contributed by atoms with Crippen LogP contribution in [0.15, 0.2) is 54.7 Å². The lowest BCUT2D eigenvalue weighted by Crippen LogP contribution is -2.41. The number of hydrogen-bond acceptors (Lipinski definition) is 3. The molecule has 0 saturated carbocycles. The molecule has 2 aromatic heterocycles. The van der Waals surface area contributed by atoms with Crippen molar-refractivity contribution < 1.29 is 4.79 Å². The molecule has 0 spiro atoms. The van der Waals surface area contributed by atoms with Gasteiger partial charge >= 0.3 is 0 Å². The predicted octanol–water partition coefficient (Wildman–Crippen LogP) is 5.78. The van der Waals surface area contributed by atoms with Crippen molar-refractivity contribution >= 4 is 40.4 Å². The van der Waals surface area contributed by atoms with Gasteiger partial charge in [0.05, 0.1) is 15.6 Å². The number of amides is 1. The second kappa shape index (κ2) is 7.16. The van der Waals surface area contributed by atoms with Crippen molar-refractivity contribution in [2.24, 2.45) is 0 Å². The molecule has 25 heavy (non-hydrogen) atoms. The summed E-state index contributed by atoms with van der Waals surface area (Å²) in [7, 11) is 0. The number of halogens is 2. The molecule has 0 saturated heterocycles. The fourth-order valence-electron chi connectivity index (χ4n) is 2.59. The van der Waals surface area contributed by atoms with Gasteiger partial charge in [-0.3, -0.25) is 9.78 Å². The van der Waals surface area contributed by atoms with E-state index in [1.807, 2.05) is 50.2 Å². The first-order valence-electron chi connectivity index (χ1n) is 7.67. The standard InChI is InChI=1S/C19H16Cl2N2OS/c1-19(2,15-9-5-6-10-22-15)23-18(24)13-8-4-3-7-12(13)14-11-16(20)25-17(14)21/h3-11H,1-2H3,(H,23,24). The van der Waals surface area contributed by atoms with Crippen LogP contribution in [0.2, 0.25) is 8.67 Å². The van der Waals surface area contributed by atoms with Crippen molar-refractivity contribution in [3.05, 3.63) is 74.7 Å². The lowest BCUT2D eigenvalue weighted by Gasteiger charge is -2.26. The second-order valence-electron chi connectivity index (χ2n) is 6.08. The molecule has 2 heterocycles. The number of rotatable bonds is 4. The van der Waals surface area contributed by atoms with Crippen LogP contribution < -0.4 is 5.32 Å². The molecule has 0 atom stereocenters. The molecule has 1 N–H and O–H groups in total. The maximum Gasteiger partial charge on any atom is 0.252 e. The zero-order valence-corrected chi connectivity index (χ0v) is 16.0. The van der Waals surface area contributed by atoms with E-state index >= 15 is 0 Å². The van der Waals surface area contributed by atoms with Gasteiger partial charge in [0, 0.05) is 17.3 Å². The van der Waals surface area contributed by atoms with Gasteiger partial charge in [0.25, 0.3) is 5.91 Å². The first-order valence-corrected chi connectivity index (χ1v) is 9.24. The Morgan fingerprint density at radius 2 is 1.80 bits per heavy atom. The highest BCUT2D eigenvalue weighted by Gasteiger charge is 2.26. The first-order chi connectivity index (χ1) is 11.9. The van der Waals surface area contributed by atoms with E-state index in [0.717, 1.165) is 16.8 Å². The fourth-order valence-corrected chi connectivity index (χ4v) is 4.08. The topological polar surface area (TPSA) is 42.0 Å². The number of benzene rings is 1. The molecular formula is C19H16Cl2N2OS. The Bertz CT molecular complexity index is 907. The van der Waals surface area contributed by atoms with Gasteiger partial charge in [-0.2, -0.15) is 0 Å². The molecule has 1 amide bonds. The molecule has 3 nitrogen and oxygen atoms in total. The Morgan fingerprint density at radius 3 is 2.44 bits per heavy atom. The van der Waals surface area contributed by atoms with Gasteiger partial charge in [-0.1, -0.05) is 47.5 Å². The Labute approximate surface area is 160 Å². The van der Waals surface area contributed by atoms with Gasteiger partial charge in [-0.25, -0.2) is 0 Å². The van der Waals surface area contributed by atoms with E-state index < -0.39 is 5.54 Å². The highest BCUT2D eigenvalue weighted by Crippen LogP contribution is 2.39. The number of hydrogen-bond donors (Lipinski definition) is 1. The summed E-state index contributed by atoms with van der Waals surface area (Å²) < 4.78 is 1.15.